The molecule has 0 aromatic carbocycles. The highest BCUT2D eigenvalue weighted by molar-refractivity contribution is 7.99. The van der Waals surface area contributed by atoms with E-state index in [-0.39, 0.29) is 11.9 Å². The van der Waals surface area contributed by atoms with Crippen LogP contribution in [0, 0.1) is 0 Å². The van der Waals surface area contributed by atoms with E-state index in [1.54, 1.807) is 0 Å². The van der Waals surface area contributed by atoms with Crippen LogP contribution in [0.3, 0.4) is 0 Å². The number of nitrogen functional groups attached to an aromatic ring is 1. The number of aromatic amines is 1. The molecule has 1 amide bonds. The second-order valence-corrected chi connectivity index (χ2v) is 5.31. The van der Waals surface area contributed by atoms with E-state index in [9.17, 15) is 4.79 Å². The van der Waals surface area contributed by atoms with E-state index in [1.807, 2.05) is 11.8 Å². The Balaban J connectivity index is 1.91. The van der Waals surface area contributed by atoms with Gasteiger partial charge in [-0.2, -0.15) is 4.98 Å². The quantitative estimate of drug-likeness (QED) is 0.803. The third kappa shape index (κ3) is 3.73. The Bertz CT molecular complexity index is 470. The molecule has 0 unspecified atom stereocenters. The number of nitrogens with two attached hydrogens (primary N) is 1. The summed E-state index contributed by atoms with van der Waals surface area (Å²) in [6, 6.07) is 0. The van der Waals surface area contributed by atoms with Gasteiger partial charge in [0.25, 0.3) is 0 Å². The minimum atomic E-state index is 0.101. The lowest BCUT2D eigenvalue weighted by atomic mass is 10.0. The third-order valence-corrected chi connectivity index (χ3v) is 3.87. The summed E-state index contributed by atoms with van der Waals surface area (Å²) in [5, 5.41) is 6.97. The number of amides is 1. The lowest BCUT2D eigenvalue weighted by molar-refractivity contribution is -0.126. The number of H-pyrrole nitrogens is 1. The molecule has 0 radical (unpaired) electrons. The first-order chi connectivity index (χ1) is 9.20. The van der Waals surface area contributed by atoms with Crippen molar-refractivity contribution in [2.45, 2.75) is 37.8 Å². The molecular formula is C12H19N5OS. The van der Waals surface area contributed by atoms with Crippen LogP contribution in [-0.4, -0.2) is 38.3 Å². The van der Waals surface area contributed by atoms with Gasteiger partial charge < -0.3 is 10.6 Å². The molecule has 0 spiro atoms. The van der Waals surface area contributed by atoms with E-state index >= 15 is 0 Å². The van der Waals surface area contributed by atoms with Crippen LogP contribution in [0.15, 0.2) is 16.9 Å². The van der Waals surface area contributed by atoms with Gasteiger partial charge in [-0.05, 0) is 32.6 Å². The number of allylic oxidation sites excluding steroid dienone is 2. The topological polar surface area (TPSA) is 87.9 Å². The number of aromatic nitrogens is 3. The Morgan fingerprint density at radius 2 is 2.42 bits per heavy atom. The number of thioether (sulfide) groups is 1. The zero-order valence-electron chi connectivity index (χ0n) is 11.1. The van der Waals surface area contributed by atoms with Gasteiger partial charge in [0.1, 0.15) is 0 Å². The Kier molecular flexibility index (Phi) is 4.84. The highest BCUT2D eigenvalue weighted by atomic mass is 32.2. The highest BCUT2D eigenvalue weighted by Crippen LogP contribution is 2.22. The fourth-order valence-electron chi connectivity index (χ4n) is 2.13. The zero-order chi connectivity index (χ0) is 13.7. The SMILES string of the molecule is CCN(C(=O)CSc1n[nH]c(N)n1)C1=CCCCC1. The molecule has 19 heavy (non-hydrogen) atoms. The predicted octanol–water partition coefficient (Wildman–Crippen LogP) is 1.79. The van der Waals surface area contributed by atoms with Gasteiger partial charge in [-0.15, -0.1) is 5.10 Å². The van der Waals surface area contributed by atoms with Crippen molar-refractivity contribution < 1.29 is 4.79 Å². The summed E-state index contributed by atoms with van der Waals surface area (Å²) < 4.78 is 0. The maximum absolute atomic E-state index is 12.2. The van der Waals surface area contributed by atoms with Gasteiger partial charge in [0.15, 0.2) is 0 Å². The molecule has 1 aromatic rings. The standard InChI is InChI=1S/C12H19N5OS/c1-2-17(9-6-4-3-5-7-9)10(18)8-19-12-14-11(13)15-16-12/h6H,2-5,7-8H2,1H3,(H3,13,14,15,16). The van der Waals surface area contributed by atoms with Crippen LogP contribution in [0.2, 0.25) is 0 Å². The van der Waals surface area contributed by atoms with Gasteiger partial charge in [0.2, 0.25) is 17.0 Å². The zero-order valence-corrected chi connectivity index (χ0v) is 11.9. The first-order valence-corrected chi connectivity index (χ1v) is 7.49. The summed E-state index contributed by atoms with van der Waals surface area (Å²) in [7, 11) is 0. The summed E-state index contributed by atoms with van der Waals surface area (Å²) in [5.74, 6) is 0.712. The van der Waals surface area contributed by atoms with Gasteiger partial charge in [-0.25, -0.2) is 5.10 Å². The number of anilines is 1. The lowest BCUT2D eigenvalue weighted by Gasteiger charge is -2.26. The van der Waals surface area contributed by atoms with Crippen LogP contribution in [0.1, 0.15) is 32.6 Å². The molecule has 0 atom stereocenters. The van der Waals surface area contributed by atoms with Crippen molar-refractivity contribution in [3.05, 3.63) is 11.8 Å². The van der Waals surface area contributed by atoms with Crippen molar-refractivity contribution in [3.8, 4) is 0 Å². The van der Waals surface area contributed by atoms with Crippen molar-refractivity contribution in [2.24, 2.45) is 0 Å². The molecule has 3 N–H and O–H groups in total. The fourth-order valence-corrected chi connectivity index (χ4v) is 2.81. The molecule has 2 rings (SSSR count). The number of hydrogen-bond acceptors (Lipinski definition) is 5. The lowest BCUT2D eigenvalue weighted by Crippen LogP contribution is -2.32. The number of carbonyl (C=O) groups excluding carboxylic acids is 1. The number of nitrogens with one attached hydrogen (secondary N) is 1. The molecule has 7 heteroatoms. The maximum Gasteiger partial charge on any atom is 0.237 e. The smallest absolute Gasteiger partial charge is 0.237 e. The van der Waals surface area contributed by atoms with E-state index in [0.717, 1.165) is 18.5 Å². The van der Waals surface area contributed by atoms with Crippen LogP contribution in [0.5, 0.6) is 0 Å². The molecule has 1 aliphatic carbocycles. The Morgan fingerprint density at radius 3 is 3.00 bits per heavy atom. The third-order valence-electron chi connectivity index (χ3n) is 3.04. The molecule has 104 valence electrons. The minimum Gasteiger partial charge on any atom is -0.368 e. The van der Waals surface area contributed by atoms with Crippen LogP contribution in [0.25, 0.3) is 0 Å². The second kappa shape index (κ2) is 6.60. The molecule has 0 saturated heterocycles. The maximum atomic E-state index is 12.2. The Morgan fingerprint density at radius 1 is 1.58 bits per heavy atom. The monoisotopic (exact) mass is 281 g/mol. The molecule has 0 aliphatic heterocycles. The average molecular weight is 281 g/mol. The normalized spacial score (nSPS) is 15.1. The van der Waals surface area contributed by atoms with Crippen molar-refractivity contribution >= 4 is 23.6 Å². The van der Waals surface area contributed by atoms with Crippen LogP contribution >= 0.6 is 11.8 Å². The molecule has 6 nitrogen and oxygen atoms in total. The van der Waals surface area contributed by atoms with E-state index in [4.69, 9.17) is 5.73 Å². The molecule has 1 aromatic heterocycles. The minimum absolute atomic E-state index is 0.101. The number of hydrogen-bond donors (Lipinski definition) is 2. The summed E-state index contributed by atoms with van der Waals surface area (Å²) in [6.45, 7) is 2.71. The summed E-state index contributed by atoms with van der Waals surface area (Å²) in [4.78, 5) is 18.1. The first-order valence-electron chi connectivity index (χ1n) is 6.50. The number of carbonyl (C=O) groups is 1. The second-order valence-electron chi connectivity index (χ2n) is 4.37. The van der Waals surface area contributed by atoms with Gasteiger partial charge in [0, 0.05) is 12.2 Å². The van der Waals surface area contributed by atoms with Crippen LogP contribution < -0.4 is 5.73 Å². The Labute approximate surface area is 116 Å². The Hall–Kier alpha value is -1.50. The molecule has 0 fully saturated rings. The molecular weight excluding hydrogens is 262 g/mol. The van der Waals surface area contributed by atoms with Crippen molar-refractivity contribution in [1.29, 1.82) is 0 Å². The van der Waals surface area contributed by atoms with E-state index < -0.39 is 0 Å². The fraction of sp³-hybridized carbons (Fsp3) is 0.583. The van der Waals surface area contributed by atoms with E-state index in [2.05, 4.69) is 21.3 Å². The van der Waals surface area contributed by atoms with E-state index in [0.29, 0.717) is 17.5 Å². The number of nitrogens with zero attached hydrogens (tertiary/aromatic N) is 3. The van der Waals surface area contributed by atoms with Gasteiger partial charge in [-0.1, -0.05) is 17.8 Å². The predicted molar refractivity (Wildman–Crippen MR) is 75.5 cm³/mol. The highest BCUT2D eigenvalue weighted by Gasteiger charge is 2.18. The van der Waals surface area contributed by atoms with Gasteiger partial charge in [0.05, 0.1) is 5.75 Å². The average Bonchev–Trinajstić information content (AvgIpc) is 2.84. The van der Waals surface area contributed by atoms with Crippen LogP contribution in [-0.2, 0) is 4.79 Å². The van der Waals surface area contributed by atoms with Crippen molar-refractivity contribution in [3.63, 3.8) is 0 Å². The molecule has 0 saturated carbocycles. The summed E-state index contributed by atoms with van der Waals surface area (Å²) in [6.07, 6.45) is 6.64. The number of rotatable bonds is 5. The van der Waals surface area contributed by atoms with Gasteiger partial charge in [-0.3, -0.25) is 4.79 Å². The molecule has 0 bridgehead atoms. The largest absolute Gasteiger partial charge is 0.368 e. The summed E-state index contributed by atoms with van der Waals surface area (Å²) >= 11 is 1.31. The van der Waals surface area contributed by atoms with Crippen LogP contribution in [0.4, 0.5) is 5.95 Å². The van der Waals surface area contributed by atoms with E-state index in [1.165, 1.54) is 24.6 Å². The molecule has 1 aliphatic rings. The van der Waals surface area contributed by atoms with Crippen molar-refractivity contribution in [1.82, 2.24) is 20.1 Å². The molecule has 1 heterocycles. The summed E-state index contributed by atoms with van der Waals surface area (Å²) in [5.41, 5.74) is 6.60. The first kappa shape index (κ1) is 13.9. The van der Waals surface area contributed by atoms with Crippen molar-refractivity contribution in [2.75, 3.05) is 18.0 Å². The van der Waals surface area contributed by atoms with Gasteiger partial charge >= 0.3 is 0 Å².